The van der Waals surface area contributed by atoms with E-state index in [2.05, 4.69) is 52.6 Å². The normalized spacial score (nSPS) is 19.3. The SMILES string of the molecule is CN(CC1CCCN1)c1nccc2ccccc12. The average Bonchev–Trinajstić information content (AvgIpc) is 2.91. The summed E-state index contributed by atoms with van der Waals surface area (Å²) in [5.74, 6) is 1.09. The Morgan fingerprint density at radius 3 is 3.06 bits per heavy atom. The first kappa shape index (κ1) is 11.5. The van der Waals surface area contributed by atoms with E-state index in [1.165, 1.54) is 23.6 Å². The number of aromatic nitrogens is 1. The molecule has 0 amide bonds. The van der Waals surface area contributed by atoms with Gasteiger partial charge in [0, 0.05) is 31.2 Å². The molecule has 3 heteroatoms. The molecule has 18 heavy (non-hydrogen) atoms. The molecule has 3 rings (SSSR count). The molecule has 1 aliphatic heterocycles. The van der Waals surface area contributed by atoms with Gasteiger partial charge in [-0.2, -0.15) is 0 Å². The zero-order valence-corrected chi connectivity index (χ0v) is 10.8. The standard InChI is InChI=1S/C15H19N3/c1-18(11-13-6-4-9-16-13)15-14-7-3-2-5-12(14)8-10-17-15/h2-3,5,7-8,10,13,16H,4,6,9,11H2,1H3. The molecule has 2 aromatic rings. The van der Waals surface area contributed by atoms with E-state index in [0.29, 0.717) is 6.04 Å². The lowest BCUT2D eigenvalue weighted by molar-refractivity contribution is 0.598. The number of fused-ring (bicyclic) bond motifs is 1. The summed E-state index contributed by atoms with van der Waals surface area (Å²) >= 11 is 0. The van der Waals surface area contributed by atoms with E-state index in [-0.39, 0.29) is 0 Å². The van der Waals surface area contributed by atoms with Gasteiger partial charge >= 0.3 is 0 Å². The van der Waals surface area contributed by atoms with Crippen molar-refractivity contribution in [3.63, 3.8) is 0 Å². The highest BCUT2D eigenvalue weighted by Gasteiger charge is 2.17. The van der Waals surface area contributed by atoms with Gasteiger partial charge in [0.1, 0.15) is 5.82 Å². The maximum absolute atomic E-state index is 4.55. The van der Waals surface area contributed by atoms with Crippen molar-refractivity contribution in [1.82, 2.24) is 10.3 Å². The van der Waals surface area contributed by atoms with Crippen LogP contribution in [-0.2, 0) is 0 Å². The van der Waals surface area contributed by atoms with Crippen LogP contribution in [0.2, 0.25) is 0 Å². The highest BCUT2D eigenvalue weighted by atomic mass is 15.2. The van der Waals surface area contributed by atoms with E-state index in [4.69, 9.17) is 0 Å². The molecule has 1 aromatic heterocycles. The van der Waals surface area contributed by atoms with Crippen LogP contribution in [0, 0.1) is 0 Å². The van der Waals surface area contributed by atoms with Gasteiger partial charge in [-0.25, -0.2) is 4.98 Å². The smallest absolute Gasteiger partial charge is 0.136 e. The number of pyridine rings is 1. The Hall–Kier alpha value is -1.61. The van der Waals surface area contributed by atoms with E-state index in [1.807, 2.05) is 6.20 Å². The van der Waals surface area contributed by atoms with Crippen molar-refractivity contribution >= 4 is 16.6 Å². The van der Waals surface area contributed by atoms with Crippen molar-refractivity contribution in [1.29, 1.82) is 0 Å². The van der Waals surface area contributed by atoms with Crippen LogP contribution in [0.1, 0.15) is 12.8 Å². The lowest BCUT2D eigenvalue weighted by atomic mass is 10.1. The van der Waals surface area contributed by atoms with Crippen LogP contribution in [0.5, 0.6) is 0 Å². The van der Waals surface area contributed by atoms with Gasteiger partial charge in [0.15, 0.2) is 0 Å². The number of nitrogens with one attached hydrogen (secondary N) is 1. The molecule has 0 saturated carbocycles. The van der Waals surface area contributed by atoms with Crippen LogP contribution in [0.15, 0.2) is 36.5 Å². The summed E-state index contributed by atoms with van der Waals surface area (Å²) in [4.78, 5) is 6.82. The van der Waals surface area contributed by atoms with E-state index in [1.54, 1.807) is 0 Å². The van der Waals surface area contributed by atoms with Crippen molar-refractivity contribution in [3.05, 3.63) is 36.5 Å². The fourth-order valence-corrected chi connectivity index (χ4v) is 2.74. The van der Waals surface area contributed by atoms with Crippen LogP contribution in [0.3, 0.4) is 0 Å². The molecule has 1 aliphatic rings. The van der Waals surface area contributed by atoms with Gasteiger partial charge in [-0.3, -0.25) is 0 Å². The molecule has 0 spiro atoms. The lowest BCUT2D eigenvalue weighted by Crippen LogP contribution is -2.35. The largest absolute Gasteiger partial charge is 0.358 e. The fraction of sp³-hybridized carbons (Fsp3) is 0.400. The van der Waals surface area contributed by atoms with Crippen molar-refractivity contribution in [2.75, 3.05) is 25.0 Å². The van der Waals surface area contributed by atoms with Gasteiger partial charge in [-0.1, -0.05) is 24.3 Å². The molecule has 2 heterocycles. The monoisotopic (exact) mass is 241 g/mol. The van der Waals surface area contributed by atoms with Crippen LogP contribution in [0.25, 0.3) is 10.8 Å². The third-order valence-corrected chi connectivity index (χ3v) is 3.67. The second-order valence-electron chi connectivity index (χ2n) is 5.03. The number of nitrogens with zero attached hydrogens (tertiary/aromatic N) is 2. The minimum absolute atomic E-state index is 0.607. The molecule has 1 unspecified atom stereocenters. The Balaban J connectivity index is 1.88. The predicted octanol–water partition coefficient (Wildman–Crippen LogP) is 2.42. The van der Waals surface area contributed by atoms with Crippen LogP contribution < -0.4 is 10.2 Å². The maximum atomic E-state index is 4.55. The highest BCUT2D eigenvalue weighted by Crippen LogP contribution is 2.23. The molecular formula is C15H19N3. The minimum Gasteiger partial charge on any atom is -0.358 e. The molecule has 1 saturated heterocycles. The Morgan fingerprint density at radius 2 is 2.22 bits per heavy atom. The van der Waals surface area contributed by atoms with Crippen molar-refractivity contribution in [3.8, 4) is 0 Å². The van der Waals surface area contributed by atoms with Gasteiger partial charge in [0.05, 0.1) is 0 Å². The Morgan fingerprint density at radius 1 is 1.33 bits per heavy atom. The maximum Gasteiger partial charge on any atom is 0.136 e. The number of rotatable bonds is 3. The van der Waals surface area contributed by atoms with Crippen LogP contribution in [0.4, 0.5) is 5.82 Å². The van der Waals surface area contributed by atoms with Gasteiger partial charge in [-0.05, 0) is 30.8 Å². The molecule has 1 aromatic carbocycles. The molecule has 1 atom stereocenters. The highest BCUT2D eigenvalue weighted by molar-refractivity contribution is 5.91. The lowest BCUT2D eigenvalue weighted by Gasteiger charge is -2.23. The molecule has 0 radical (unpaired) electrons. The third kappa shape index (κ3) is 2.18. The number of likely N-dealkylation sites (N-methyl/N-ethyl adjacent to an activating group) is 1. The summed E-state index contributed by atoms with van der Waals surface area (Å²) in [7, 11) is 2.13. The Bertz CT molecular complexity index is 527. The number of hydrogen-bond acceptors (Lipinski definition) is 3. The summed E-state index contributed by atoms with van der Waals surface area (Å²) in [6, 6.07) is 11.1. The second-order valence-corrected chi connectivity index (χ2v) is 5.03. The topological polar surface area (TPSA) is 28.2 Å². The third-order valence-electron chi connectivity index (χ3n) is 3.67. The molecular weight excluding hydrogens is 222 g/mol. The van der Waals surface area contributed by atoms with E-state index >= 15 is 0 Å². The quantitative estimate of drug-likeness (QED) is 0.894. The second kappa shape index (κ2) is 4.94. The Labute approximate surface area is 108 Å². The van der Waals surface area contributed by atoms with Crippen LogP contribution in [-0.4, -0.2) is 31.2 Å². The first-order valence-electron chi connectivity index (χ1n) is 6.63. The summed E-state index contributed by atoms with van der Waals surface area (Å²) < 4.78 is 0. The number of anilines is 1. The molecule has 94 valence electrons. The Kier molecular flexibility index (Phi) is 3.15. The number of hydrogen-bond donors (Lipinski definition) is 1. The summed E-state index contributed by atoms with van der Waals surface area (Å²) in [5, 5.41) is 6.03. The van der Waals surface area contributed by atoms with Crippen molar-refractivity contribution in [2.45, 2.75) is 18.9 Å². The fourth-order valence-electron chi connectivity index (χ4n) is 2.74. The molecule has 1 fully saturated rings. The summed E-state index contributed by atoms with van der Waals surface area (Å²) in [5.41, 5.74) is 0. The first-order chi connectivity index (χ1) is 8.84. The molecule has 3 nitrogen and oxygen atoms in total. The van der Waals surface area contributed by atoms with Gasteiger partial charge in [-0.15, -0.1) is 0 Å². The first-order valence-corrected chi connectivity index (χ1v) is 6.63. The van der Waals surface area contributed by atoms with Crippen molar-refractivity contribution in [2.24, 2.45) is 0 Å². The predicted molar refractivity (Wildman–Crippen MR) is 76.0 cm³/mol. The van der Waals surface area contributed by atoms with Gasteiger partial charge < -0.3 is 10.2 Å². The summed E-state index contributed by atoms with van der Waals surface area (Å²) in [6.07, 6.45) is 4.47. The van der Waals surface area contributed by atoms with Gasteiger partial charge in [0.2, 0.25) is 0 Å². The van der Waals surface area contributed by atoms with Crippen LogP contribution >= 0.6 is 0 Å². The zero-order valence-electron chi connectivity index (χ0n) is 10.8. The summed E-state index contributed by atoms with van der Waals surface area (Å²) in [6.45, 7) is 2.18. The van der Waals surface area contributed by atoms with E-state index in [0.717, 1.165) is 18.9 Å². The van der Waals surface area contributed by atoms with Gasteiger partial charge in [0.25, 0.3) is 0 Å². The molecule has 0 bridgehead atoms. The molecule has 1 N–H and O–H groups in total. The average molecular weight is 241 g/mol. The minimum atomic E-state index is 0.607. The zero-order chi connectivity index (χ0) is 12.4. The van der Waals surface area contributed by atoms with E-state index < -0.39 is 0 Å². The van der Waals surface area contributed by atoms with E-state index in [9.17, 15) is 0 Å². The molecule has 0 aliphatic carbocycles. The van der Waals surface area contributed by atoms with Crippen molar-refractivity contribution < 1.29 is 0 Å². The number of benzene rings is 1.